The third kappa shape index (κ3) is 7.92. The lowest BCUT2D eigenvalue weighted by Gasteiger charge is -2.29. The van der Waals surface area contributed by atoms with Crippen LogP contribution >= 0.6 is 0 Å². The van der Waals surface area contributed by atoms with E-state index in [0.717, 1.165) is 0 Å². The average molecular weight is 258 g/mol. The summed E-state index contributed by atoms with van der Waals surface area (Å²) in [5.74, 6) is -0.300. The van der Waals surface area contributed by atoms with Gasteiger partial charge in [0, 0.05) is 19.5 Å². The summed E-state index contributed by atoms with van der Waals surface area (Å²) >= 11 is 0. The third-order valence-electron chi connectivity index (χ3n) is 3.37. The van der Waals surface area contributed by atoms with Gasteiger partial charge < -0.3 is 15.7 Å². The largest absolute Gasteiger partial charge is 0.481 e. The van der Waals surface area contributed by atoms with Crippen LogP contribution in [-0.4, -0.2) is 30.2 Å². The van der Waals surface area contributed by atoms with E-state index in [2.05, 4.69) is 38.3 Å². The molecule has 0 aromatic carbocycles. The zero-order valence-electron chi connectivity index (χ0n) is 11.9. The van der Waals surface area contributed by atoms with E-state index in [-0.39, 0.29) is 17.9 Å². The van der Waals surface area contributed by atoms with Gasteiger partial charge in [-0.3, -0.25) is 4.79 Å². The van der Waals surface area contributed by atoms with Gasteiger partial charge in [0.2, 0.25) is 0 Å². The van der Waals surface area contributed by atoms with E-state index in [1.54, 1.807) is 0 Å². The summed E-state index contributed by atoms with van der Waals surface area (Å²) in [6, 6.07) is -0.181. The number of carboxylic acids is 1. The number of hydrogen-bond donors (Lipinski definition) is 3. The van der Waals surface area contributed by atoms with Gasteiger partial charge in [0.05, 0.1) is 0 Å². The Hall–Kier alpha value is -1.26. The van der Waals surface area contributed by atoms with Crippen molar-refractivity contribution >= 4 is 12.0 Å². The first-order valence-electron chi connectivity index (χ1n) is 6.49. The summed E-state index contributed by atoms with van der Waals surface area (Å²) in [6.07, 6.45) is 1.43. The summed E-state index contributed by atoms with van der Waals surface area (Å²) in [5, 5.41) is 14.0. The van der Waals surface area contributed by atoms with Crippen molar-refractivity contribution in [2.24, 2.45) is 11.3 Å². The lowest BCUT2D eigenvalue weighted by atomic mass is 9.81. The fourth-order valence-corrected chi connectivity index (χ4v) is 1.18. The predicted octanol–water partition coefficient (Wildman–Crippen LogP) is 2.22. The highest BCUT2D eigenvalue weighted by Crippen LogP contribution is 2.24. The SMILES string of the molecule is CC(C)C(C)(C)CNC(=O)NCCCCC(=O)O. The van der Waals surface area contributed by atoms with Crippen LogP contribution in [0.4, 0.5) is 4.79 Å². The number of carbonyl (C=O) groups is 2. The molecule has 3 N–H and O–H groups in total. The monoisotopic (exact) mass is 258 g/mol. The maximum atomic E-state index is 11.5. The minimum Gasteiger partial charge on any atom is -0.481 e. The normalized spacial score (nSPS) is 11.4. The highest BCUT2D eigenvalue weighted by atomic mass is 16.4. The van der Waals surface area contributed by atoms with Gasteiger partial charge in [-0.05, 0) is 24.2 Å². The van der Waals surface area contributed by atoms with Crippen LogP contribution in [0.3, 0.4) is 0 Å². The molecule has 18 heavy (non-hydrogen) atoms. The second-order valence-electron chi connectivity index (χ2n) is 5.60. The molecule has 0 spiro atoms. The Balaban J connectivity index is 3.63. The van der Waals surface area contributed by atoms with Crippen molar-refractivity contribution in [3.8, 4) is 0 Å². The minimum atomic E-state index is -0.793. The van der Waals surface area contributed by atoms with Crippen LogP contribution in [0.15, 0.2) is 0 Å². The standard InChI is InChI=1S/C13H26N2O3/c1-10(2)13(3,4)9-15-12(18)14-8-6-5-7-11(16)17/h10H,5-9H2,1-4H3,(H,16,17)(H2,14,15,18). The molecule has 0 aliphatic heterocycles. The molecular formula is C13H26N2O3. The Labute approximate surface area is 109 Å². The lowest BCUT2D eigenvalue weighted by molar-refractivity contribution is -0.137. The smallest absolute Gasteiger partial charge is 0.314 e. The molecule has 0 aromatic heterocycles. The van der Waals surface area contributed by atoms with Crippen LogP contribution < -0.4 is 10.6 Å². The number of hydrogen-bond acceptors (Lipinski definition) is 2. The predicted molar refractivity (Wildman–Crippen MR) is 71.5 cm³/mol. The van der Waals surface area contributed by atoms with Crippen LogP contribution in [0.2, 0.25) is 0 Å². The molecule has 0 heterocycles. The Morgan fingerprint density at radius 3 is 2.28 bits per heavy atom. The molecule has 106 valence electrons. The second-order valence-corrected chi connectivity index (χ2v) is 5.60. The summed E-state index contributed by atoms with van der Waals surface area (Å²) in [4.78, 5) is 21.7. The number of rotatable bonds is 8. The number of unbranched alkanes of at least 4 members (excludes halogenated alkanes) is 1. The molecule has 0 atom stereocenters. The third-order valence-corrected chi connectivity index (χ3v) is 3.37. The van der Waals surface area contributed by atoms with E-state index in [9.17, 15) is 9.59 Å². The van der Waals surface area contributed by atoms with Gasteiger partial charge in [0.1, 0.15) is 0 Å². The Bertz CT molecular complexity index is 275. The summed E-state index contributed by atoms with van der Waals surface area (Å²) in [6.45, 7) is 9.64. The topological polar surface area (TPSA) is 78.4 Å². The molecule has 0 radical (unpaired) electrons. The first-order chi connectivity index (χ1) is 8.25. The van der Waals surface area contributed by atoms with Gasteiger partial charge in [-0.15, -0.1) is 0 Å². The van der Waals surface area contributed by atoms with E-state index in [1.165, 1.54) is 0 Å². The van der Waals surface area contributed by atoms with Gasteiger partial charge in [0.25, 0.3) is 0 Å². The molecule has 5 nitrogen and oxygen atoms in total. The maximum absolute atomic E-state index is 11.5. The summed E-state index contributed by atoms with van der Waals surface area (Å²) in [7, 11) is 0. The molecule has 0 rings (SSSR count). The van der Waals surface area contributed by atoms with E-state index in [0.29, 0.717) is 31.8 Å². The molecule has 5 heteroatoms. The van der Waals surface area contributed by atoms with Crippen molar-refractivity contribution < 1.29 is 14.7 Å². The highest BCUT2D eigenvalue weighted by Gasteiger charge is 2.22. The lowest BCUT2D eigenvalue weighted by Crippen LogP contribution is -2.42. The van der Waals surface area contributed by atoms with E-state index in [1.807, 2.05) is 0 Å². The molecule has 0 unspecified atom stereocenters. The molecule has 0 aliphatic rings. The van der Waals surface area contributed by atoms with Crippen LogP contribution in [0.5, 0.6) is 0 Å². The van der Waals surface area contributed by atoms with E-state index >= 15 is 0 Å². The number of carboxylic acid groups (broad SMARTS) is 1. The number of amides is 2. The number of aliphatic carboxylic acids is 1. The van der Waals surface area contributed by atoms with E-state index < -0.39 is 5.97 Å². The minimum absolute atomic E-state index is 0.0701. The van der Waals surface area contributed by atoms with Gasteiger partial charge >= 0.3 is 12.0 Å². The van der Waals surface area contributed by atoms with Crippen molar-refractivity contribution in [1.82, 2.24) is 10.6 Å². The maximum Gasteiger partial charge on any atom is 0.314 e. The molecular weight excluding hydrogens is 232 g/mol. The van der Waals surface area contributed by atoms with Crippen molar-refractivity contribution in [2.75, 3.05) is 13.1 Å². The quantitative estimate of drug-likeness (QED) is 0.584. The Morgan fingerprint density at radius 2 is 1.78 bits per heavy atom. The fourth-order valence-electron chi connectivity index (χ4n) is 1.18. The molecule has 0 saturated heterocycles. The van der Waals surface area contributed by atoms with Crippen LogP contribution in [-0.2, 0) is 4.79 Å². The summed E-state index contributed by atoms with van der Waals surface area (Å²) in [5.41, 5.74) is 0.0701. The van der Waals surface area contributed by atoms with Crippen LogP contribution in [0.1, 0.15) is 47.0 Å². The Morgan fingerprint density at radius 1 is 1.17 bits per heavy atom. The molecule has 0 fully saturated rings. The summed E-state index contributed by atoms with van der Waals surface area (Å²) < 4.78 is 0. The molecule has 0 aliphatic carbocycles. The average Bonchev–Trinajstić information content (AvgIpc) is 2.25. The number of urea groups is 1. The number of nitrogens with one attached hydrogen (secondary N) is 2. The van der Waals surface area contributed by atoms with Crippen molar-refractivity contribution in [3.63, 3.8) is 0 Å². The zero-order chi connectivity index (χ0) is 14.2. The number of carbonyl (C=O) groups excluding carboxylic acids is 1. The van der Waals surface area contributed by atoms with Gasteiger partial charge in [0.15, 0.2) is 0 Å². The van der Waals surface area contributed by atoms with Crippen molar-refractivity contribution in [2.45, 2.75) is 47.0 Å². The van der Waals surface area contributed by atoms with Crippen molar-refractivity contribution in [1.29, 1.82) is 0 Å². The zero-order valence-corrected chi connectivity index (χ0v) is 11.9. The van der Waals surface area contributed by atoms with Gasteiger partial charge in [-0.1, -0.05) is 27.7 Å². The van der Waals surface area contributed by atoms with E-state index in [4.69, 9.17) is 5.11 Å². The second kappa shape index (κ2) is 7.95. The van der Waals surface area contributed by atoms with Crippen LogP contribution in [0, 0.1) is 11.3 Å². The van der Waals surface area contributed by atoms with Gasteiger partial charge in [-0.2, -0.15) is 0 Å². The Kier molecular flexibility index (Phi) is 7.39. The van der Waals surface area contributed by atoms with Crippen molar-refractivity contribution in [3.05, 3.63) is 0 Å². The molecule has 0 bridgehead atoms. The molecule has 0 aromatic rings. The van der Waals surface area contributed by atoms with Gasteiger partial charge in [-0.25, -0.2) is 4.79 Å². The highest BCUT2D eigenvalue weighted by molar-refractivity contribution is 5.73. The fraction of sp³-hybridized carbons (Fsp3) is 0.846. The molecule has 2 amide bonds. The van der Waals surface area contributed by atoms with Crippen LogP contribution in [0.25, 0.3) is 0 Å². The first kappa shape index (κ1) is 16.7. The molecule has 0 saturated carbocycles. The first-order valence-corrected chi connectivity index (χ1v) is 6.49.